The van der Waals surface area contributed by atoms with Gasteiger partial charge in [0.05, 0.1) is 10.8 Å². The standard InChI is InChI=1S/C19H15F3N4OS2/c20-19(21,22)15-7-9-24-18(26-15)29-12-16(27)25-14-5-3-4-13(10-14)11-28-17-6-1-2-8-23-17/h1-10H,11-12H2,(H,25,27). The molecule has 0 bridgehead atoms. The van der Waals surface area contributed by atoms with Crippen LogP contribution in [-0.2, 0) is 16.7 Å². The Bertz CT molecular complexity index is 971. The molecule has 0 fully saturated rings. The molecule has 2 heterocycles. The van der Waals surface area contributed by atoms with Gasteiger partial charge in [-0.05, 0) is 35.9 Å². The lowest BCUT2D eigenvalue weighted by molar-refractivity contribution is -0.141. The SMILES string of the molecule is O=C(CSc1nccc(C(F)(F)F)n1)Nc1cccc(CSc2ccccn2)c1. The van der Waals surface area contributed by atoms with Crippen molar-refractivity contribution in [2.24, 2.45) is 0 Å². The van der Waals surface area contributed by atoms with Crippen molar-refractivity contribution >= 4 is 35.1 Å². The number of thioether (sulfide) groups is 2. The van der Waals surface area contributed by atoms with Crippen molar-refractivity contribution in [1.29, 1.82) is 0 Å². The maximum absolute atomic E-state index is 12.7. The van der Waals surface area contributed by atoms with Gasteiger partial charge in [0, 0.05) is 23.8 Å². The minimum Gasteiger partial charge on any atom is -0.325 e. The lowest BCUT2D eigenvalue weighted by Crippen LogP contribution is -2.15. The molecule has 10 heteroatoms. The van der Waals surface area contributed by atoms with E-state index in [9.17, 15) is 18.0 Å². The molecular formula is C19H15F3N4OS2. The van der Waals surface area contributed by atoms with Gasteiger partial charge in [-0.15, -0.1) is 11.8 Å². The van der Waals surface area contributed by atoms with Gasteiger partial charge in [0.2, 0.25) is 5.91 Å². The van der Waals surface area contributed by atoms with Crippen LogP contribution in [0.2, 0.25) is 0 Å². The fraction of sp³-hybridized carbons (Fsp3) is 0.158. The molecule has 0 spiro atoms. The fourth-order valence-corrected chi connectivity index (χ4v) is 3.66. The smallest absolute Gasteiger partial charge is 0.325 e. The normalized spacial score (nSPS) is 11.3. The number of hydrogen-bond acceptors (Lipinski definition) is 6. The van der Waals surface area contributed by atoms with Crippen LogP contribution >= 0.6 is 23.5 Å². The van der Waals surface area contributed by atoms with Gasteiger partial charge in [-0.25, -0.2) is 15.0 Å². The minimum atomic E-state index is -4.55. The Balaban J connectivity index is 1.53. The Kier molecular flexibility index (Phi) is 7.10. The van der Waals surface area contributed by atoms with Crippen LogP contribution < -0.4 is 5.32 Å². The second kappa shape index (κ2) is 9.75. The number of aromatic nitrogens is 3. The number of halogens is 3. The summed E-state index contributed by atoms with van der Waals surface area (Å²) in [4.78, 5) is 23.6. The Morgan fingerprint density at radius 3 is 2.62 bits per heavy atom. The molecule has 0 radical (unpaired) electrons. The Hall–Kier alpha value is -2.59. The second-order valence-corrected chi connectivity index (χ2v) is 7.65. The first-order chi connectivity index (χ1) is 13.9. The molecule has 5 nitrogen and oxygen atoms in total. The molecule has 2 aromatic heterocycles. The molecule has 0 aliphatic carbocycles. The monoisotopic (exact) mass is 436 g/mol. The summed E-state index contributed by atoms with van der Waals surface area (Å²) in [6.07, 6.45) is -1.79. The van der Waals surface area contributed by atoms with Crippen molar-refractivity contribution in [2.45, 2.75) is 22.1 Å². The first kappa shape index (κ1) is 21.1. The quantitative estimate of drug-likeness (QED) is 0.419. The highest BCUT2D eigenvalue weighted by atomic mass is 32.2. The van der Waals surface area contributed by atoms with E-state index in [1.54, 1.807) is 24.0 Å². The van der Waals surface area contributed by atoms with E-state index in [0.717, 1.165) is 34.6 Å². The van der Waals surface area contributed by atoms with E-state index in [1.807, 2.05) is 36.4 Å². The summed E-state index contributed by atoms with van der Waals surface area (Å²) >= 11 is 2.42. The fourth-order valence-electron chi connectivity index (χ4n) is 2.22. The van der Waals surface area contributed by atoms with Gasteiger partial charge in [-0.1, -0.05) is 30.0 Å². The largest absolute Gasteiger partial charge is 0.433 e. The molecule has 0 atom stereocenters. The van der Waals surface area contributed by atoms with Gasteiger partial charge in [-0.3, -0.25) is 4.79 Å². The zero-order valence-corrected chi connectivity index (χ0v) is 16.5. The summed E-state index contributed by atoms with van der Waals surface area (Å²) in [7, 11) is 0. The van der Waals surface area contributed by atoms with E-state index in [1.165, 1.54) is 0 Å². The Morgan fingerprint density at radius 1 is 1.00 bits per heavy atom. The zero-order chi connectivity index (χ0) is 20.7. The van der Waals surface area contributed by atoms with Crippen molar-refractivity contribution in [3.63, 3.8) is 0 Å². The van der Waals surface area contributed by atoms with Crippen LogP contribution in [0, 0.1) is 0 Å². The van der Waals surface area contributed by atoms with Gasteiger partial charge in [-0.2, -0.15) is 13.2 Å². The lowest BCUT2D eigenvalue weighted by Gasteiger charge is -2.08. The molecule has 0 unspecified atom stereocenters. The minimum absolute atomic E-state index is 0.101. The molecule has 1 aromatic carbocycles. The summed E-state index contributed by atoms with van der Waals surface area (Å²) in [5, 5.41) is 3.53. The maximum atomic E-state index is 12.7. The summed E-state index contributed by atoms with van der Waals surface area (Å²) in [5.74, 6) is 0.229. The number of hydrogen-bond donors (Lipinski definition) is 1. The van der Waals surface area contributed by atoms with Crippen molar-refractivity contribution in [2.75, 3.05) is 11.1 Å². The van der Waals surface area contributed by atoms with Gasteiger partial charge >= 0.3 is 6.18 Å². The number of anilines is 1. The number of benzene rings is 1. The maximum Gasteiger partial charge on any atom is 0.433 e. The number of nitrogens with zero attached hydrogens (tertiary/aromatic N) is 3. The molecule has 1 N–H and O–H groups in total. The number of alkyl halides is 3. The van der Waals surface area contributed by atoms with Crippen LogP contribution in [0.4, 0.5) is 18.9 Å². The molecule has 3 rings (SSSR count). The molecule has 29 heavy (non-hydrogen) atoms. The van der Waals surface area contributed by atoms with E-state index in [0.29, 0.717) is 11.4 Å². The lowest BCUT2D eigenvalue weighted by atomic mass is 10.2. The van der Waals surface area contributed by atoms with E-state index >= 15 is 0 Å². The first-order valence-corrected chi connectivity index (χ1v) is 10.3. The average molecular weight is 436 g/mol. The van der Waals surface area contributed by atoms with E-state index < -0.39 is 11.9 Å². The number of pyridine rings is 1. The summed E-state index contributed by atoms with van der Waals surface area (Å²) < 4.78 is 38.0. The zero-order valence-electron chi connectivity index (χ0n) is 14.9. The molecule has 0 aliphatic rings. The molecule has 3 aromatic rings. The third-order valence-electron chi connectivity index (χ3n) is 3.49. The summed E-state index contributed by atoms with van der Waals surface area (Å²) in [6.45, 7) is 0. The number of carbonyl (C=O) groups excluding carboxylic acids is 1. The average Bonchev–Trinajstić information content (AvgIpc) is 2.71. The van der Waals surface area contributed by atoms with Gasteiger partial charge in [0.1, 0.15) is 5.69 Å². The van der Waals surface area contributed by atoms with Crippen LogP contribution in [0.15, 0.2) is 71.1 Å². The second-order valence-electron chi connectivity index (χ2n) is 5.72. The van der Waals surface area contributed by atoms with E-state index in [-0.39, 0.29) is 16.8 Å². The topological polar surface area (TPSA) is 67.8 Å². The first-order valence-electron chi connectivity index (χ1n) is 8.36. The van der Waals surface area contributed by atoms with Crippen molar-refractivity contribution in [1.82, 2.24) is 15.0 Å². The van der Waals surface area contributed by atoms with E-state index in [4.69, 9.17) is 0 Å². The number of nitrogens with one attached hydrogen (secondary N) is 1. The molecule has 1 amide bonds. The van der Waals surface area contributed by atoms with Crippen LogP contribution in [0.5, 0.6) is 0 Å². The third kappa shape index (κ3) is 6.75. The van der Waals surface area contributed by atoms with Crippen LogP contribution in [-0.4, -0.2) is 26.6 Å². The molecule has 150 valence electrons. The highest BCUT2D eigenvalue weighted by molar-refractivity contribution is 7.99. The van der Waals surface area contributed by atoms with E-state index in [2.05, 4.69) is 20.3 Å². The van der Waals surface area contributed by atoms with Gasteiger partial charge in [0.25, 0.3) is 0 Å². The number of amides is 1. The summed E-state index contributed by atoms with van der Waals surface area (Å²) in [6, 6.07) is 13.8. The predicted octanol–water partition coefficient (Wildman–Crippen LogP) is 4.91. The van der Waals surface area contributed by atoms with Crippen LogP contribution in [0.1, 0.15) is 11.3 Å². The third-order valence-corrected chi connectivity index (χ3v) is 5.37. The van der Waals surface area contributed by atoms with Crippen LogP contribution in [0.25, 0.3) is 0 Å². The summed E-state index contributed by atoms with van der Waals surface area (Å²) in [5.41, 5.74) is 0.584. The Labute approximate surface area is 173 Å². The van der Waals surface area contributed by atoms with Crippen molar-refractivity contribution in [3.8, 4) is 0 Å². The highest BCUT2D eigenvalue weighted by Gasteiger charge is 2.32. The highest BCUT2D eigenvalue weighted by Crippen LogP contribution is 2.28. The van der Waals surface area contributed by atoms with Gasteiger partial charge < -0.3 is 5.32 Å². The predicted molar refractivity (Wildman–Crippen MR) is 107 cm³/mol. The molecule has 0 saturated carbocycles. The van der Waals surface area contributed by atoms with Crippen LogP contribution in [0.3, 0.4) is 0 Å². The van der Waals surface area contributed by atoms with Crippen molar-refractivity contribution < 1.29 is 18.0 Å². The Morgan fingerprint density at radius 2 is 1.86 bits per heavy atom. The van der Waals surface area contributed by atoms with Gasteiger partial charge in [0.15, 0.2) is 5.16 Å². The number of rotatable bonds is 7. The molecular weight excluding hydrogens is 421 g/mol. The number of carbonyl (C=O) groups is 1. The molecule has 0 aliphatic heterocycles. The van der Waals surface area contributed by atoms with Crippen molar-refractivity contribution in [3.05, 3.63) is 72.2 Å². The molecule has 0 saturated heterocycles.